The molecule has 3 fully saturated rings. The van der Waals surface area contributed by atoms with E-state index in [-0.39, 0.29) is 70.0 Å². The van der Waals surface area contributed by atoms with Gasteiger partial charge >= 0.3 is 0 Å². The number of methoxy groups -OCH3 is 1. The van der Waals surface area contributed by atoms with Crippen LogP contribution in [-0.2, 0) is 11.0 Å². The summed E-state index contributed by atoms with van der Waals surface area (Å²) in [7, 11) is 9.11. The Morgan fingerprint density at radius 2 is 1.73 bits per heavy atom. The van der Waals surface area contributed by atoms with E-state index in [0.29, 0.717) is 53.8 Å². The molecule has 6 N–H and O–H groups in total. The van der Waals surface area contributed by atoms with Crippen molar-refractivity contribution in [2.45, 2.75) is 129 Å². The first-order chi connectivity index (χ1) is 30.5. The van der Waals surface area contributed by atoms with E-state index in [4.69, 9.17) is 18.9 Å². The van der Waals surface area contributed by atoms with Gasteiger partial charge in [-0.15, -0.1) is 0 Å². The molecule has 8 bridgehead atoms. The van der Waals surface area contributed by atoms with Crippen LogP contribution >= 0.6 is 43.2 Å². The quantitative estimate of drug-likeness (QED) is 0.0843. The molecule has 0 aromatic heterocycles. The third-order valence-electron chi connectivity index (χ3n) is 15.4. The van der Waals surface area contributed by atoms with Crippen molar-refractivity contribution >= 4 is 43.2 Å². The van der Waals surface area contributed by atoms with Crippen LogP contribution in [-0.4, -0.2) is 91.3 Å². The van der Waals surface area contributed by atoms with E-state index in [0.717, 1.165) is 72.8 Å². The molecule has 340 valence electrons. The lowest BCUT2D eigenvalue weighted by Crippen LogP contribution is -2.57. The zero-order chi connectivity index (χ0) is 43.8. The first kappa shape index (κ1) is 44.1. The number of phenolic OH excluding ortho intramolecular Hbond substituents is 3. The number of aliphatic hydroxyl groups is 3. The van der Waals surface area contributed by atoms with Crippen LogP contribution in [0.5, 0.6) is 40.2 Å². The number of hydrogen-bond acceptors (Lipinski definition) is 14. The van der Waals surface area contributed by atoms with Gasteiger partial charge in [0.2, 0.25) is 11.5 Å². The van der Waals surface area contributed by atoms with Gasteiger partial charge in [0.05, 0.1) is 26.9 Å². The first-order valence-electron chi connectivity index (χ1n) is 22.8. The molecular weight excluding hydrogens is 877 g/mol. The van der Waals surface area contributed by atoms with E-state index >= 15 is 0 Å². The van der Waals surface area contributed by atoms with Crippen molar-refractivity contribution in [2.24, 2.45) is 11.8 Å². The predicted molar refractivity (Wildman–Crippen MR) is 253 cm³/mol. The average molecular weight is 937 g/mol. The van der Waals surface area contributed by atoms with Crippen molar-refractivity contribution < 1.29 is 49.6 Å². The molecule has 5 aliphatic heterocycles. The van der Waals surface area contributed by atoms with E-state index in [1.54, 1.807) is 17.7 Å². The molecule has 1 saturated heterocycles. The molecule has 12 rings (SSSR count). The number of hydrogen-bond donors (Lipinski definition) is 6. The Morgan fingerprint density at radius 3 is 2.49 bits per heavy atom. The van der Waals surface area contributed by atoms with Gasteiger partial charge in [0, 0.05) is 55.1 Å². The lowest BCUT2D eigenvalue weighted by molar-refractivity contribution is -0.112. The van der Waals surface area contributed by atoms with E-state index < -0.39 is 23.0 Å². The standard InChI is InChI=1S/C49H60O10S4/c1-26(2)13-18-57-36-22-33(43(53)45(56-3)44(36)54)49-16-12-37-41(46(49)55)40-35(59-49)23-34(58-19-17-50)39-29-9-8-28(52)21-30(29)31-10-6-27-7-11-32(38(20-27)62-61-37)48(14-4-5-15-48)63-60-25-47(31,24-51)42(39)40/h8-9,11,21-23,26-27,31,37-38,41,46,50-55H,4-7,10,12-20,24-25H2,1-3H3/t27-,31+,37+,38-,41-,46-,47+,49+/m1/s1. The average Bonchev–Trinajstić information content (AvgIpc) is 3.75. The largest absolute Gasteiger partial charge is 0.508 e. The van der Waals surface area contributed by atoms with E-state index in [9.17, 15) is 30.6 Å². The fraction of sp³-hybridized carbons (Fsp3) is 0.592. The maximum absolute atomic E-state index is 13.4. The van der Waals surface area contributed by atoms with Crippen LogP contribution in [0.25, 0.3) is 11.1 Å². The summed E-state index contributed by atoms with van der Waals surface area (Å²) in [5.41, 5.74) is 3.90. The van der Waals surface area contributed by atoms with Gasteiger partial charge in [0.25, 0.3) is 0 Å². The monoisotopic (exact) mass is 936 g/mol. The minimum absolute atomic E-state index is 0.00308. The Bertz CT molecular complexity index is 2280. The van der Waals surface area contributed by atoms with Crippen molar-refractivity contribution in [2.75, 3.05) is 39.3 Å². The van der Waals surface area contributed by atoms with Crippen LogP contribution in [0, 0.1) is 11.8 Å². The third kappa shape index (κ3) is 7.03. The molecule has 9 aliphatic rings. The van der Waals surface area contributed by atoms with Gasteiger partial charge in [-0.25, -0.2) is 0 Å². The molecule has 3 aromatic rings. The summed E-state index contributed by atoms with van der Waals surface area (Å²) >= 11 is 0. The fourth-order valence-electron chi connectivity index (χ4n) is 12.3. The second-order valence-corrected chi connectivity index (χ2v) is 24.7. The lowest BCUT2D eigenvalue weighted by Gasteiger charge is -2.55. The number of rotatable bonds is 10. The zero-order valence-electron chi connectivity index (χ0n) is 36.3. The summed E-state index contributed by atoms with van der Waals surface area (Å²) in [5.74, 6) is 1.17. The number of fused-ring (bicyclic) bond motifs is 5. The highest BCUT2D eigenvalue weighted by Crippen LogP contribution is 2.69. The number of ether oxygens (including phenoxy) is 4. The summed E-state index contributed by atoms with van der Waals surface area (Å²) in [6.45, 7) is 4.13. The third-order valence-corrected chi connectivity index (χ3v) is 22.1. The van der Waals surface area contributed by atoms with Gasteiger partial charge in [-0.1, -0.05) is 82.0 Å². The summed E-state index contributed by atoms with van der Waals surface area (Å²) < 4.78 is 25.7. The van der Waals surface area contributed by atoms with Gasteiger partial charge in [-0.3, -0.25) is 0 Å². The summed E-state index contributed by atoms with van der Waals surface area (Å²) in [5, 5.41) is 71.0. The van der Waals surface area contributed by atoms with Crippen LogP contribution in [0.1, 0.15) is 119 Å². The van der Waals surface area contributed by atoms with E-state index in [2.05, 4.69) is 19.9 Å². The van der Waals surface area contributed by atoms with Crippen molar-refractivity contribution in [3.8, 4) is 51.4 Å². The highest BCUT2D eigenvalue weighted by molar-refractivity contribution is 8.77. The Balaban J connectivity index is 1.26. The van der Waals surface area contributed by atoms with Gasteiger partial charge < -0.3 is 49.6 Å². The van der Waals surface area contributed by atoms with Crippen LogP contribution < -0.4 is 18.9 Å². The highest BCUT2D eigenvalue weighted by atomic mass is 33.1. The van der Waals surface area contributed by atoms with E-state index in [1.807, 2.05) is 61.4 Å². The van der Waals surface area contributed by atoms with Crippen molar-refractivity contribution in [3.05, 3.63) is 64.2 Å². The van der Waals surface area contributed by atoms with Crippen LogP contribution in [0.3, 0.4) is 0 Å². The molecule has 5 heterocycles. The second-order valence-electron chi connectivity index (χ2n) is 19.3. The number of aliphatic hydroxyl groups excluding tert-OH is 3. The zero-order valence-corrected chi connectivity index (χ0v) is 39.5. The molecule has 1 spiro atoms. The molecule has 8 atom stereocenters. The molecule has 2 saturated carbocycles. The van der Waals surface area contributed by atoms with Gasteiger partial charge in [-0.2, -0.15) is 0 Å². The molecule has 0 amide bonds. The van der Waals surface area contributed by atoms with Crippen LogP contribution in [0.2, 0.25) is 0 Å². The van der Waals surface area contributed by atoms with Crippen molar-refractivity contribution in [3.63, 3.8) is 0 Å². The molecule has 63 heavy (non-hydrogen) atoms. The van der Waals surface area contributed by atoms with Gasteiger partial charge in [-0.05, 0) is 116 Å². The molecule has 0 radical (unpaired) electrons. The van der Waals surface area contributed by atoms with Crippen molar-refractivity contribution in [1.82, 2.24) is 0 Å². The number of allylic oxidation sites excluding steroid dienone is 1. The smallest absolute Gasteiger partial charge is 0.207 e. The van der Waals surface area contributed by atoms with Crippen molar-refractivity contribution in [1.29, 1.82) is 0 Å². The van der Waals surface area contributed by atoms with Crippen LogP contribution in [0.15, 0.2) is 42.0 Å². The molecular formula is C49H60O10S4. The fourth-order valence-corrected chi connectivity index (χ4v) is 20.1. The summed E-state index contributed by atoms with van der Waals surface area (Å²) in [4.78, 5) is 0. The minimum atomic E-state index is -1.50. The highest BCUT2D eigenvalue weighted by Gasteiger charge is 2.62. The second kappa shape index (κ2) is 17.2. The maximum atomic E-state index is 13.4. The number of aromatic hydroxyl groups is 3. The Morgan fingerprint density at radius 1 is 0.921 bits per heavy atom. The molecule has 14 heteroatoms. The Hall–Kier alpha value is -2.72. The topological polar surface area (TPSA) is 158 Å². The SMILES string of the molecule is COc1c(O)c(OCCC(C)C)cc([C@@]23CC[C@@H]4SS[C@@H]5C[C@H]6CC=C5C5(CCCC5)SSC[C@]5(CO)c7c(c(OCCO)cc(c7[C@@H]4[C@H]2O)O3)-c2ccc(O)cc2[C@@H]5CC6)c1O. The van der Waals surface area contributed by atoms with E-state index in [1.165, 1.54) is 20.0 Å². The molecule has 4 aliphatic carbocycles. The maximum Gasteiger partial charge on any atom is 0.207 e. The molecule has 0 unspecified atom stereocenters. The van der Waals surface area contributed by atoms with Gasteiger partial charge in [0.1, 0.15) is 30.0 Å². The number of phenols is 3. The lowest BCUT2D eigenvalue weighted by atomic mass is 9.56. The minimum Gasteiger partial charge on any atom is -0.508 e. The molecule has 3 aromatic carbocycles. The number of benzene rings is 3. The Labute approximate surface area is 386 Å². The first-order valence-corrected chi connectivity index (χ1v) is 27.4. The van der Waals surface area contributed by atoms with Gasteiger partial charge in [0.15, 0.2) is 17.1 Å². The molecule has 10 nitrogen and oxygen atoms in total. The predicted octanol–water partition coefficient (Wildman–Crippen LogP) is 10.1. The normalized spacial score (nSPS) is 31.2. The van der Waals surface area contributed by atoms with Crippen LogP contribution in [0.4, 0.5) is 0 Å². The summed E-state index contributed by atoms with van der Waals surface area (Å²) in [6, 6.07) is 9.06. The summed E-state index contributed by atoms with van der Waals surface area (Å²) in [6.07, 6.45) is 11.6. The Kier molecular flexibility index (Phi) is 12.0.